The van der Waals surface area contributed by atoms with Crippen molar-refractivity contribution in [1.82, 2.24) is 10.2 Å². The second-order valence-electron chi connectivity index (χ2n) is 6.87. The average Bonchev–Trinajstić information content (AvgIpc) is 3.09. The second kappa shape index (κ2) is 5.82. The Balaban J connectivity index is 2.03. The number of rotatable bonds is 7. The topological polar surface area (TPSA) is 32.3 Å². The molecule has 1 aliphatic heterocycles. The summed E-state index contributed by atoms with van der Waals surface area (Å²) in [6, 6.07) is 0.0695. The average molecular weight is 266 g/mol. The van der Waals surface area contributed by atoms with Crippen LogP contribution in [0.4, 0.5) is 0 Å². The van der Waals surface area contributed by atoms with Gasteiger partial charge in [-0.2, -0.15) is 0 Å². The quantitative estimate of drug-likeness (QED) is 0.767. The molecule has 2 rings (SSSR count). The predicted molar refractivity (Wildman–Crippen MR) is 78.7 cm³/mol. The molecule has 2 fully saturated rings. The maximum atomic E-state index is 12.6. The van der Waals surface area contributed by atoms with Gasteiger partial charge >= 0.3 is 0 Å². The lowest BCUT2D eigenvalue weighted by Gasteiger charge is -2.30. The molecular weight excluding hydrogens is 236 g/mol. The van der Waals surface area contributed by atoms with Crippen molar-refractivity contribution >= 4 is 5.91 Å². The molecule has 0 aromatic carbocycles. The van der Waals surface area contributed by atoms with Crippen molar-refractivity contribution in [3.05, 3.63) is 0 Å². The van der Waals surface area contributed by atoms with E-state index in [2.05, 4.69) is 37.9 Å². The summed E-state index contributed by atoms with van der Waals surface area (Å²) in [5.41, 5.74) is 0.449. The lowest BCUT2D eigenvalue weighted by atomic mass is 10.0. The zero-order valence-corrected chi connectivity index (χ0v) is 13.0. The summed E-state index contributed by atoms with van der Waals surface area (Å²) in [4.78, 5) is 14.8. The van der Waals surface area contributed by atoms with E-state index in [1.54, 1.807) is 0 Å². The highest BCUT2D eigenvalue weighted by Gasteiger charge is 2.48. The zero-order chi connectivity index (χ0) is 14.0. The molecule has 110 valence electrons. The normalized spacial score (nSPS) is 29.3. The molecule has 1 amide bonds. The van der Waals surface area contributed by atoms with E-state index in [1.165, 1.54) is 19.3 Å². The Bertz CT molecular complexity index is 323. The molecule has 3 nitrogen and oxygen atoms in total. The van der Waals surface area contributed by atoms with Gasteiger partial charge in [0.25, 0.3) is 0 Å². The number of carbonyl (C=O) groups is 1. The summed E-state index contributed by atoms with van der Waals surface area (Å²) < 4.78 is 0. The van der Waals surface area contributed by atoms with Crippen LogP contribution in [0.15, 0.2) is 0 Å². The first-order valence-corrected chi connectivity index (χ1v) is 8.09. The largest absolute Gasteiger partial charge is 0.325 e. The SMILES string of the molecule is CCCCC1NC(C(C)C)N(CC2(CC)CC2)C1=O. The number of carbonyl (C=O) groups excluding carboxylic acids is 1. The van der Waals surface area contributed by atoms with Crippen molar-refractivity contribution in [3.8, 4) is 0 Å². The molecule has 1 heterocycles. The van der Waals surface area contributed by atoms with Gasteiger partial charge in [0.15, 0.2) is 0 Å². The van der Waals surface area contributed by atoms with E-state index >= 15 is 0 Å². The van der Waals surface area contributed by atoms with Gasteiger partial charge in [-0.3, -0.25) is 10.1 Å². The molecule has 1 N–H and O–H groups in total. The lowest BCUT2D eigenvalue weighted by molar-refractivity contribution is -0.131. The van der Waals surface area contributed by atoms with Gasteiger partial charge in [-0.25, -0.2) is 0 Å². The van der Waals surface area contributed by atoms with Crippen LogP contribution < -0.4 is 5.32 Å². The van der Waals surface area contributed by atoms with Gasteiger partial charge in [0.2, 0.25) is 5.91 Å². The minimum atomic E-state index is 0.0695. The number of nitrogens with zero attached hydrogens (tertiary/aromatic N) is 1. The van der Waals surface area contributed by atoms with Crippen molar-refractivity contribution in [2.75, 3.05) is 6.54 Å². The monoisotopic (exact) mass is 266 g/mol. The van der Waals surface area contributed by atoms with E-state index in [4.69, 9.17) is 0 Å². The third kappa shape index (κ3) is 3.13. The summed E-state index contributed by atoms with van der Waals surface area (Å²) in [7, 11) is 0. The van der Waals surface area contributed by atoms with E-state index in [0.29, 0.717) is 17.2 Å². The van der Waals surface area contributed by atoms with Crippen LogP contribution >= 0.6 is 0 Å². The second-order valence-corrected chi connectivity index (χ2v) is 6.87. The first-order chi connectivity index (χ1) is 9.03. The molecule has 0 bridgehead atoms. The Morgan fingerprint density at radius 1 is 1.37 bits per heavy atom. The molecule has 1 saturated carbocycles. The van der Waals surface area contributed by atoms with E-state index in [1.807, 2.05) is 0 Å². The maximum absolute atomic E-state index is 12.6. The first kappa shape index (κ1) is 14.8. The van der Waals surface area contributed by atoms with Gasteiger partial charge < -0.3 is 4.90 Å². The molecular formula is C16H30N2O. The maximum Gasteiger partial charge on any atom is 0.241 e. The highest BCUT2D eigenvalue weighted by Crippen LogP contribution is 2.49. The fourth-order valence-electron chi connectivity index (χ4n) is 3.21. The van der Waals surface area contributed by atoms with E-state index < -0.39 is 0 Å². The van der Waals surface area contributed by atoms with Crippen LogP contribution in [0.2, 0.25) is 0 Å². The Morgan fingerprint density at radius 2 is 2.05 bits per heavy atom. The Labute approximate surface area is 118 Å². The molecule has 19 heavy (non-hydrogen) atoms. The predicted octanol–water partition coefficient (Wildman–Crippen LogP) is 3.15. The number of amides is 1. The van der Waals surface area contributed by atoms with Gasteiger partial charge in [0.05, 0.1) is 12.2 Å². The van der Waals surface area contributed by atoms with Gasteiger partial charge in [0, 0.05) is 6.54 Å². The summed E-state index contributed by atoms with van der Waals surface area (Å²) in [6.07, 6.45) is 7.36. The number of hydrogen-bond acceptors (Lipinski definition) is 2. The number of nitrogens with one attached hydrogen (secondary N) is 1. The summed E-state index contributed by atoms with van der Waals surface area (Å²) in [5, 5.41) is 3.58. The van der Waals surface area contributed by atoms with Gasteiger partial charge in [-0.1, -0.05) is 40.5 Å². The van der Waals surface area contributed by atoms with Crippen molar-refractivity contribution in [2.45, 2.75) is 78.4 Å². The Morgan fingerprint density at radius 3 is 2.53 bits per heavy atom. The molecule has 0 radical (unpaired) electrons. The van der Waals surface area contributed by atoms with Crippen molar-refractivity contribution in [3.63, 3.8) is 0 Å². The van der Waals surface area contributed by atoms with Gasteiger partial charge in [0.1, 0.15) is 0 Å². The van der Waals surface area contributed by atoms with E-state index in [0.717, 1.165) is 25.8 Å². The molecule has 0 spiro atoms. The van der Waals surface area contributed by atoms with Crippen LogP contribution in [0.3, 0.4) is 0 Å². The van der Waals surface area contributed by atoms with Crippen LogP contribution in [-0.4, -0.2) is 29.6 Å². The standard InChI is InChI=1S/C16H30N2O/c1-5-7-8-13-15(19)18(14(17-13)12(3)4)11-16(6-2)9-10-16/h12-14,17H,5-11H2,1-4H3. The van der Waals surface area contributed by atoms with E-state index in [9.17, 15) is 4.79 Å². The highest BCUT2D eigenvalue weighted by molar-refractivity contribution is 5.84. The number of unbranched alkanes of at least 4 members (excludes halogenated alkanes) is 1. The summed E-state index contributed by atoms with van der Waals surface area (Å²) in [6.45, 7) is 9.85. The lowest BCUT2D eigenvalue weighted by Crippen LogP contribution is -2.44. The molecule has 2 aliphatic rings. The molecule has 0 aromatic rings. The third-order valence-corrected chi connectivity index (χ3v) is 4.98. The van der Waals surface area contributed by atoms with Crippen molar-refractivity contribution < 1.29 is 4.79 Å². The fraction of sp³-hybridized carbons (Fsp3) is 0.938. The summed E-state index contributed by atoms with van der Waals surface area (Å²) >= 11 is 0. The van der Waals surface area contributed by atoms with Crippen LogP contribution in [-0.2, 0) is 4.79 Å². The Kier molecular flexibility index (Phi) is 4.54. The molecule has 1 saturated heterocycles. The Hall–Kier alpha value is -0.570. The van der Waals surface area contributed by atoms with Gasteiger partial charge in [-0.15, -0.1) is 0 Å². The van der Waals surface area contributed by atoms with Crippen LogP contribution in [0, 0.1) is 11.3 Å². The van der Waals surface area contributed by atoms with Crippen LogP contribution in [0.25, 0.3) is 0 Å². The smallest absolute Gasteiger partial charge is 0.241 e. The first-order valence-electron chi connectivity index (χ1n) is 8.09. The summed E-state index contributed by atoms with van der Waals surface area (Å²) in [5.74, 6) is 0.843. The van der Waals surface area contributed by atoms with Crippen LogP contribution in [0.5, 0.6) is 0 Å². The molecule has 2 atom stereocenters. The third-order valence-electron chi connectivity index (χ3n) is 4.98. The fourth-order valence-corrected chi connectivity index (χ4v) is 3.21. The minimum absolute atomic E-state index is 0.0695. The highest BCUT2D eigenvalue weighted by atomic mass is 16.2. The molecule has 1 aliphatic carbocycles. The minimum Gasteiger partial charge on any atom is -0.325 e. The molecule has 2 unspecified atom stereocenters. The van der Waals surface area contributed by atoms with Crippen molar-refractivity contribution in [1.29, 1.82) is 0 Å². The van der Waals surface area contributed by atoms with Gasteiger partial charge in [-0.05, 0) is 37.0 Å². The molecule has 0 aromatic heterocycles. The van der Waals surface area contributed by atoms with Crippen LogP contribution in [0.1, 0.15) is 66.2 Å². The molecule has 3 heteroatoms. The van der Waals surface area contributed by atoms with Crippen molar-refractivity contribution in [2.24, 2.45) is 11.3 Å². The number of hydrogen-bond donors (Lipinski definition) is 1. The van der Waals surface area contributed by atoms with E-state index in [-0.39, 0.29) is 12.2 Å². The zero-order valence-electron chi connectivity index (χ0n) is 13.0.